The van der Waals surface area contributed by atoms with Crippen molar-refractivity contribution < 1.29 is 18.7 Å². The topological polar surface area (TPSA) is 80.1 Å². The van der Waals surface area contributed by atoms with Crippen LogP contribution in [0.15, 0.2) is 34.7 Å². The third-order valence-corrected chi connectivity index (χ3v) is 5.62. The second-order valence-electron chi connectivity index (χ2n) is 7.46. The number of fused-ring (bicyclic) bond motifs is 1. The normalized spacial score (nSPS) is 14.6. The fraction of sp³-hybridized carbons (Fsp3) is 0.364. The Bertz CT molecular complexity index is 1090. The number of methoxy groups -OCH3 is 2. The van der Waals surface area contributed by atoms with Crippen LogP contribution in [0.2, 0.25) is 5.02 Å². The van der Waals surface area contributed by atoms with Gasteiger partial charge in [-0.2, -0.15) is 0 Å². The summed E-state index contributed by atoms with van der Waals surface area (Å²) in [7, 11) is 3.06. The molecule has 9 heteroatoms. The number of urea groups is 1. The van der Waals surface area contributed by atoms with Crippen LogP contribution in [0.25, 0.3) is 11.1 Å². The van der Waals surface area contributed by atoms with Crippen LogP contribution in [-0.2, 0) is 6.54 Å². The standard InChI is InChI=1S/C22H25ClN4O4/c1-14-4-5-18-16(10-14)24-21(31-18)13-26-6-8-27(9-7-26)22(28)25-17-11-15(23)19(29-2)12-20(17)30-3/h4-5,10-12H,6-9,13H2,1-3H3,(H,25,28). The van der Waals surface area contributed by atoms with Gasteiger partial charge < -0.3 is 24.1 Å². The number of piperazine rings is 1. The van der Waals surface area contributed by atoms with Crippen molar-refractivity contribution in [2.75, 3.05) is 45.7 Å². The van der Waals surface area contributed by atoms with E-state index in [1.165, 1.54) is 14.2 Å². The highest BCUT2D eigenvalue weighted by Crippen LogP contribution is 2.36. The summed E-state index contributed by atoms with van der Waals surface area (Å²) < 4.78 is 16.4. The number of nitrogens with one attached hydrogen (secondary N) is 1. The Morgan fingerprint density at radius 3 is 2.58 bits per heavy atom. The number of hydrogen-bond donors (Lipinski definition) is 1. The van der Waals surface area contributed by atoms with Gasteiger partial charge in [0.05, 0.1) is 31.5 Å². The van der Waals surface area contributed by atoms with Crippen LogP contribution in [0.1, 0.15) is 11.5 Å². The number of carbonyl (C=O) groups is 1. The highest BCUT2D eigenvalue weighted by atomic mass is 35.5. The van der Waals surface area contributed by atoms with Gasteiger partial charge in [-0.1, -0.05) is 17.7 Å². The van der Waals surface area contributed by atoms with Crippen molar-refractivity contribution in [3.8, 4) is 11.5 Å². The average Bonchev–Trinajstić information content (AvgIpc) is 3.15. The number of halogens is 1. The second-order valence-corrected chi connectivity index (χ2v) is 7.87. The van der Waals surface area contributed by atoms with E-state index in [-0.39, 0.29) is 6.03 Å². The van der Waals surface area contributed by atoms with Gasteiger partial charge in [-0.05, 0) is 30.7 Å². The number of benzene rings is 2. The highest BCUT2D eigenvalue weighted by Gasteiger charge is 2.23. The number of nitrogens with zero attached hydrogens (tertiary/aromatic N) is 3. The van der Waals surface area contributed by atoms with Crippen LogP contribution in [0.5, 0.6) is 11.5 Å². The number of oxazole rings is 1. The van der Waals surface area contributed by atoms with Crippen LogP contribution in [-0.4, -0.2) is 61.2 Å². The van der Waals surface area contributed by atoms with Gasteiger partial charge in [0, 0.05) is 32.2 Å². The summed E-state index contributed by atoms with van der Waals surface area (Å²) >= 11 is 6.19. The summed E-state index contributed by atoms with van der Waals surface area (Å²) in [6.45, 7) is 5.30. The van der Waals surface area contributed by atoms with Crippen molar-refractivity contribution in [2.45, 2.75) is 13.5 Å². The summed E-state index contributed by atoms with van der Waals surface area (Å²) in [6, 6.07) is 9.06. The molecule has 8 nitrogen and oxygen atoms in total. The van der Waals surface area contributed by atoms with Crippen LogP contribution in [0.4, 0.5) is 10.5 Å². The molecule has 0 bridgehead atoms. The first-order valence-corrected chi connectivity index (χ1v) is 10.4. The van der Waals surface area contributed by atoms with E-state index in [2.05, 4.69) is 15.2 Å². The molecule has 2 heterocycles. The van der Waals surface area contributed by atoms with Gasteiger partial charge >= 0.3 is 6.03 Å². The van der Waals surface area contributed by atoms with E-state index in [0.29, 0.717) is 47.7 Å². The monoisotopic (exact) mass is 444 g/mol. The summed E-state index contributed by atoms with van der Waals surface area (Å²) in [6.07, 6.45) is 0. The van der Waals surface area contributed by atoms with E-state index in [1.54, 1.807) is 17.0 Å². The van der Waals surface area contributed by atoms with Crippen molar-refractivity contribution in [3.63, 3.8) is 0 Å². The van der Waals surface area contributed by atoms with E-state index in [0.717, 1.165) is 29.8 Å². The maximum Gasteiger partial charge on any atom is 0.322 e. The SMILES string of the molecule is COc1cc(OC)c(NC(=O)N2CCN(Cc3nc4cc(C)ccc4o3)CC2)cc1Cl. The third kappa shape index (κ3) is 4.70. The lowest BCUT2D eigenvalue weighted by molar-refractivity contribution is 0.136. The molecule has 3 aromatic rings. The van der Waals surface area contributed by atoms with Gasteiger partial charge in [-0.3, -0.25) is 4.90 Å². The Hall–Kier alpha value is -2.97. The van der Waals surface area contributed by atoms with Crippen LogP contribution in [0, 0.1) is 6.92 Å². The molecule has 1 aliphatic rings. The van der Waals surface area contributed by atoms with Crippen LogP contribution in [0.3, 0.4) is 0 Å². The van der Waals surface area contributed by atoms with E-state index in [4.69, 9.17) is 25.5 Å². The minimum Gasteiger partial charge on any atom is -0.495 e. The van der Waals surface area contributed by atoms with E-state index in [9.17, 15) is 4.79 Å². The van der Waals surface area contributed by atoms with Crippen molar-refractivity contribution >= 4 is 34.4 Å². The number of amides is 2. The lowest BCUT2D eigenvalue weighted by atomic mass is 10.2. The summed E-state index contributed by atoms with van der Waals surface area (Å²) in [5, 5.41) is 3.28. The predicted molar refractivity (Wildman–Crippen MR) is 119 cm³/mol. The zero-order chi connectivity index (χ0) is 22.0. The summed E-state index contributed by atoms with van der Waals surface area (Å²) in [5.74, 6) is 1.66. The quantitative estimate of drug-likeness (QED) is 0.636. The first kappa shape index (κ1) is 21.3. The molecule has 2 amide bonds. The maximum atomic E-state index is 12.8. The molecule has 1 N–H and O–H groups in total. The van der Waals surface area contributed by atoms with Gasteiger partial charge in [0.2, 0.25) is 5.89 Å². The molecule has 0 aliphatic carbocycles. The summed E-state index contributed by atoms with van der Waals surface area (Å²) in [5.41, 5.74) is 3.33. The van der Waals surface area contributed by atoms with Gasteiger partial charge in [0.15, 0.2) is 5.58 Å². The smallest absolute Gasteiger partial charge is 0.322 e. The van der Waals surface area contributed by atoms with Crippen molar-refractivity contribution in [2.24, 2.45) is 0 Å². The van der Waals surface area contributed by atoms with Crippen molar-refractivity contribution in [1.82, 2.24) is 14.8 Å². The lowest BCUT2D eigenvalue weighted by Gasteiger charge is -2.34. The van der Waals surface area contributed by atoms with Gasteiger partial charge in [0.25, 0.3) is 0 Å². The molecular weight excluding hydrogens is 420 g/mol. The van der Waals surface area contributed by atoms with Crippen molar-refractivity contribution in [3.05, 3.63) is 46.8 Å². The molecule has 0 saturated carbocycles. The number of rotatable bonds is 5. The molecule has 0 spiro atoms. The minimum absolute atomic E-state index is 0.198. The second kappa shape index (κ2) is 9.03. The molecule has 0 unspecified atom stereocenters. The van der Waals surface area contributed by atoms with Crippen LogP contribution >= 0.6 is 11.6 Å². The van der Waals surface area contributed by atoms with Crippen LogP contribution < -0.4 is 14.8 Å². The maximum absolute atomic E-state index is 12.8. The molecular formula is C22H25ClN4O4. The van der Waals surface area contributed by atoms with Gasteiger partial charge in [-0.15, -0.1) is 0 Å². The third-order valence-electron chi connectivity index (χ3n) is 5.32. The fourth-order valence-electron chi connectivity index (χ4n) is 3.61. The van der Waals surface area contributed by atoms with E-state index >= 15 is 0 Å². The molecule has 1 saturated heterocycles. The minimum atomic E-state index is -0.198. The molecule has 31 heavy (non-hydrogen) atoms. The molecule has 2 aromatic carbocycles. The fourth-order valence-corrected chi connectivity index (χ4v) is 3.85. The molecule has 4 rings (SSSR count). The Morgan fingerprint density at radius 2 is 1.87 bits per heavy atom. The average molecular weight is 445 g/mol. The Morgan fingerprint density at radius 1 is 1.13 bits per heavy atom. The van der Waals surface area contributed by atoms with Crippen molar-refractivity contribution in [1.29, 1.82) is 0 Å². The molecule has 1 fully saturated rings. The van der Waals surface area contributed by atoms with E-state index < -0.39 is 0 Å². The first-order chi connectivity index (χ1) is 15.0. The Labute approximate surface area is 185 Å². The highest BCUT2D eigenvalue weighted by molar-refractivity contribution is 6.32. The lowest BCUT2D eigenvalue weighted by Crippen LogP contribution is -2.49. The zero-order valence-corrected chi connectivity index (χ0v) is 18.5. The van der Waals surface area contributed by atoms with Gasteiger partial charge in [0.1, 0.15) is 17.0 Å². The number of ether oxygens (including phenoxy) is 2. The number of carbonyl (C=O) groups excluding carboxylic acids is 1. The molecule has 0 atom stereocenters. The molecule has 164 valence electrons. The zero-order valence-electron chi connectivity index (χ0n) is 17.8. The molecule has 1 aromatic heterocycles. The number of anilines is 1. The number of aromatic nitrogens is 1. The predicted octanol–water partition coefficient (Wildman–Crippen LogP) is 4.16. The molecule has 1 aliphatic heterocycles. The van der Waals surface area contributed by atoms with Gasteiger partial charge in [-0.25, -0.2) is 9.78 Å². The number of aryl methyl sites for hydroxylation is 1. The Kier molecular flexibility index (Phi) is 6.20. The first-order valence-electron chi connectivity index (χ1n) is 10.0. The van der Waals surface area contributed by atoms with E-state index in [1.807, 2.05) is 25.1 Å². The molecule has 0 radical (unpaired) electrons. The number of hydrogen-bond acceptors (Lipinski definition) is 6. The summed E-state index contributed by atoms with van der Waals surface area (Å²) in [4.78, 5) is 21.3. The Balaban J connectivity index is 1.35. The largest absolute Gasteiger partial charge is 0.495 e.